The Morgan fingerprint density at radius 3 is 2.93 bits per heavy atom. The van der Waals surface area contributed by atoms with E-state index in [4.69, 9.17) is 9.15 Å². The van der Waals surface area contributed by atoms with E-state index in [9.17, 15) is 9.59 Å². The van der Waals surface area contributed by atoms with Gasteiger partial charge >= 0.3 is 12.0 Å². The second kappa shape index (κ2) is 7.55. The lowest BCUT2D eigenvalue weighted by Crippen LogP contribution is -2.49. The summed E-state index contributed by atoms with van der Waals surface area (Å²) in [6, 6.07) is 6.73. The summed E-state index contributed by atoms with van der Waals surface area (Å²) in [6.45, 7) is 6.26. The van der Waals surface area contributed by atoms with Crippen LogP contribution < -0.4 is 10.6 Å². The van der Waals surface area contributed by atoms with Crippen LogP contribution in [0.15, 0.2) is 52.4 Å². The molecule has 2 aromatic heterocycles. The van der Waals surface area contributed by atoms with Crippen molar-refractivity contribution in [2.45, 2.75) is 32.5 Å². The number of ether oxygens (including phenoxy) is 1. The highest BCUT2D eigenvalue weighted by molar-refractivity contribution is 5.95. The molecule has 0 bridgehead atoms. The Labute approximate surface area is 163 Å². The SMILES string of the molecule is CCOC(=O)C1=C(CN2CCn3cccc3C2C)NC(=O)NC1c1ccco1. The molecule has 4 heterocycles. The molecule has 8 heteroatoms. The van der Waals surface area contributed by atoms with Crippen LogP contribution in [0.4, 0.5) is 4.79 Å². The van der Waals surface area contributed by atoms with Crippen molar-refractivity contribution in [2.24, 2.45) is 0 Å². The summed E-state index contributed by atoms with van der Waals surface area (Å²) >= 11 is 0. The molecule has 0 aromatic carbocycles. The number of nitrogens with zero attached hydrogens (tertiary/aromatic N) is 2. The third kappa shape index (κ3) is 3.31. The monoisotopic (exact) mass is 384 g/mol. The first kappa shape index (κ1) is 18.4. The smallest absolute Gasteiger partial charge is 0.338 e. The van der Waals surface area contributed by atoms with Crippen LogP contribution in [0, 0.1) is 0 Å². The molecule has 28 heavy (non-hydrogen) atoms. The maximum absolute atomic E-state index is 12.8. The van der Waals surface area contributed by atoms with Crippen LogP contribution in [-0.2, 0) is 16.1 Å². The minimum Gasteiger partial charge on any atom is -0.467 e. The number of urea groups is 1. The van der Waals surface area contributed by atoms with Crippen LogP contribution in [-0.4, -0.2) is 41.2 Å². The van der Waals surface area contributed by atoms with Crippen LogP contribution in [0.1, 0.15) is 37.4 Å². The number of amides is 2. The maximum Gasteiger partial charge on any atom is 0.338 e. The molecule has 2 N–H and O–H groups in total. The number of nitrogens with one attached hydrogen (secondary N) is 2. The molecule has 0 saturated carbocycles. The second-order valence-electron chi connectivity index (χ2n) is 6.93. The van der Waals surface area contributed by atoms with Gasteiger partial charge in [0.15, 0.2) is 0 Å². The first-order chi connectivity index (χ1) is 13.6. The normalized spacial score (nSPS) is 22.4. The molecular weight excluding hydrogens is 360 g/mol. The molecule has 2 aliphatic rings. The molecule has 2 atom stereocenters. The van der Waals surface area contributed by atoms with Gasteiger partial charge in [-0.25, -0.2) is 9.59 Å². The number of carbonyl (C=O) groups is 2. The molecule has 2 aliphatic heterocycles. The van der Waals surface area contributed by atoms with Gasteiger partial charge in [-0.15, -0.1) is 0 Å². The molecule has 2 amide bonds. The molecule has 4 rings (SSSR count). The van der Waals surface area contributed by atoms with Gasteiger partial charge in [0.2, 0.25) is 0 Å². The van der Waals surface area contributed by atoms with Gasteiger partial charge in [0.05, 0.1) is 18.4 Å². The van der Waals surface area contributed by atoms with Crippen molar-refractivity contribution in [2.75, 3.05) is 19.7 Å². The van der Waals surface area contributed by atoms with E-state index in [-0.39, 0.29) is 18.7 Å². The average Bonchev–Trinajstić information content (AvgIpc) is 3.35. The van der Waals surface area contributed by atoms with E-state index in [1.165, 1.54) is 12.0 Å². The largest absolute Gasteiger partial charge is 0.467 e. The summed E-state index contributed by atoms with van der Waals surface area (Å²) in [6.07, 6.45) is 3.60. The Balaban J connectivity index is 1.69. The standard InChI is InChI=1S/C20H24N4O4/c1-3-27-19(25)17-14(21-20(26)22-18(17)16-7-5-11-28-16)12-24-10-9-23-8-4-6-15(23)13(24)2/h4-8,11,13,18H,3,9-10,12H2,1-2H3,(H2,21,22,26). The average molecular weight is 384 g/mol. The van der Waals surface area contributed by atoms with Crippen molar-refractivity contribution in [3.05, 3.63) is 59.4 Å². The third-order valence-electron chi connectivity index (χ3n) is 5.31. The fourth-order valence-electron chi connectivity index (χ4n) is 3.91. The van der Waals surface area contributed by atoms with Crippen molar-refractivity contribution in [3.63, 3.8) is 0 Å². The number of esters is 1. The Morgan fingerprint density at radius 1 is 1.32 bits per heavy atom. The first-order valence-corrected chi connectivity index (χ1v) is 9.48. The molecule has 0 aliphatic carbocycles. The number of rotatable bonds is 5. The maximum atomic E-state index is 12.8. The second-order valence-corrected chi connectivity index (χ2v) is 6.93. The van der Waals surface area contributed by atoms with Crippen molar-refractivity contribution in [1.82, 2.24) is 20.1 Å². The van der Waals surface area contributed by atoms with Crippen molar-refractivity contribution in [1.29, 1.82) is 0 Å². The molecule has 148 valence electrons. The predicted molar refractivity (Wildman–Crippen MR) is 101 cm³/mol. The molecule has 0 radical (unpaired) electrons. The van der Waals surface area contributed by atoms with Gasteiger partial charge in [-0.05, 0) is 38.1 Å². The highest BCUT2D eigenvalue weighted by atomic mass is 16.5. The highest BCUT2D eigenvalue weighted by Gasteiger charge is 2.36. The molecule has 0 saturated heterocycles. The molecule has 0 fully saturated rings. The molecular formula is C20H24N4O4. The minimum atomic E-state index is -0.679. The fourth-order valence-corrected chi connectivity index (χ4v) is 3.91. The zero-order valence-corrected chi connectivity index (χ0v) is 16.0. The van der Waals surface area contributed by atoms with E-state index in [2.05, 4.69) is 39.3 Å². The van der Waals surface area contributed by atoms with Gasteiger partial charge in [-0.3, -0.25) is 4.90 Å². The Morgan fingerprint density at radius 2 is 2.18 bits per heavy atom. The summed E-state index contributed by atoms with van der Waals surface area (Å²) in [5.41, 5.74) is 2.15. The van der Waals surface area contributed by atoms with Gasteiger partial charge in [-0.1, -0.05) is 0 Å². The first-order valence-electron chi connectivity index (χ1n) is 9.48. The quantitative estimate of drug-likeness (QED) is 0.773. The van der Waals surface area contributed by atoms with Gasteiger partial charge in [0, 0.05) is 43.3 Å². The summed E-state index contributed by atoms with van der Waals surface area (Å²) in [5, 5.41) is 5.59. The highest BCUT2D eigenvalue weighted by Crippen LogP contribution is 2.31. The van der Waals surface area contributed by atoms with E-state index in [0.29, 0.717) is 23.6 Å². The van der Waals surface area contributed by atoms with Crippen molar-refractivity contribution in [3.8, 4) is 0 Å². The van der Waals surface area contributed by atoms with E-state index >= 15 is 0 Å². The van der Waals surface area contributed by atoms with Gasteiger partial charge in [0.1, 0.15) is 11.8 Å². The lowest BCUT2D eigenvalue weighted by atomic mass is 9.99. The number of aromatic nitrogens is 1. The topological polar surface area (TPSA) is 88.7 Å². The number of carbonyl (C=O) groups excluding carboxylic acids is 2. The molecule has 0 spiro atoms. The van der Waals surface area contributed by atoms with E-state index < -0.39 is 12.0 Å². The summed E-state index contributed by atoms with van der Waals surface area (Å²) in [5.74, 6) is 0.0374. The van der Waals surface area contributed by atoms with Crippen LogP contribution in [0.3, 0.4) is 0 Å². The van der Waals surface area contributed by atoms with E-state index in [0.717, 1.165) is 13.1 Å². The lowest BCUT2D eigenvalue weighted by Gasteiger charge is -2.37. The summed E-state index contributed by atoms with van der Waals surface area (Å²) in [4.78, 5) is 27.3. The Hall–Kier alpha value is -3.00. The Kier molecular flexibility index (Phi) is 4.95. The van der Waals surface area contributed by atoms with Crippen molar-refractivity contribution < 1.29 is 18.7 Å². The summed E-state index contributed by atoms with van der Waals surface area (Å²) < 4.78 is 13.0. The predicted octanol–water partition coefficient (Wildman–Crippen LogP) is 2.33. The van der Waals surface area contributed by atoms with E-state index in [1.807, 2.05) is 6.07 Å². The fraction of sp³-hybridized carbons (Fsp3) is 0.400. The zero-order chi connectivity index (χ0) is 19.7. The lowest BCUT2D eigenvalue weighted by molar-refractivity contribution is -0.139. The zero-order valence-electron chi connectivity index (χ0n) is 16.0. The molecule has 2 aromatic rings. The van der Waals surface area contributed by atoms with E-state index in [1.54, 1.807) is 19.1 Å². The number of fused-ring (bicyclic) bond motifs is 1. The van der Waals surface area contributed by atoms with Crippen LogP contribution >= 0.6 is 0 Å². The minimum absolute atomic E-state index is 0.161. The number of hydrogen-bond acceptors (Lipinski definition) is 5. The van der Waals surface area contributed by atoms with Gasteiger partial charge in [0.25, 0.3) is 0 Å². The van der Waals surface area contributed by atoms with Crippen LogP contribution in [0.2, 0.25) is 0 Å². The van der Waals surface area contributed by atoms with Gasteiger partial charge in [-0.2, -0.15) is 0 Å². The third-order valence-corrected chi connectivity index (χ3v) is 5.31. The van der Waals surface area contributed by atoms with Crippen LogP contribution in [0.5, 0.6) is 0 Å². The van der Waals surface area contributed by atoms with Gasteiger partial charge < -0.3 is 24.4 Å². The Bertz CT molecular complexity index is 899. The molecule has 8 nitrogen and oxygen atoms in total. The van der Waals surface area contributed by atoms with Crippen LogP contribution in [0.25, 0.3) is 0 Å². The number of hydrogen-bond donors (Lipinski definition) is 2. The molecule has 2 unspecified atom stereocenters. The summed E-state index contributed by atoms with van der Waals surface area (Å²) in [7, 11) is 0. The number of furan rings is 1. The van der Waals surface area contributed by atoms with Crippen molar-refractivity contribution >= 4 is 12.0 Å².